The van der Waals surface area contributed by atoms with Crippen LogP contribution >= 0.6 is 8.15 Å². The highest BCUT2D eigenvalue weighted by atomic mass is 31.1. The Balaban J connectivity index is 1.72. The SMILES string of the molecule is CCOP(c1cccc(-c2ccccc2)c1)c1cccc(-c2ccccc2)c1. The average Bonchev–Trinajstić information content (AvgIpc) is 2.79. The normalized spacial score (nSPS) is 10.9. The summed E-state index contributed by atoms with van der Waals surface area (Å²) in [7, 11) is -0.864. The van der Waals surface area contributed by atoms with E-state index in [9.17, 15) is 0 Å². The second-order valence-electron chi connectivity index (χ2n) is 6.54. The van der Waals surface area contributed by atoms with Crippen molar-refractivity contribution < 1.29 is 4.52 Å². The van der Waals surface area contributed by atoms with Gasteiger partial charge in [-0.15, -0.1) is 0 Å². The maximum Gasteiger partial charge on any atom is 0.0917 e. The van der Waals surface area contributed by atoms with Gasteiger partial charge in [-0.05, 0) is 41.3 Å². The molecule has 0 atom stereocenters. The zero-order valence-electron chi connectivity index (χ0n) is 16.0. The quantitative estimate of drug-likeness (QED) is 0.350. The maximum atomic E-state index is 6.26. The zero-order valence-corrected chi connectivity index (χ0v) is 16.8. The van der Waals surface area contributed by atoms with Crippen LogP contribution in [0.25, 0.3) is 22.3 Å². The first-order valence-electron chi connectivity index (χ1n) is 9.59. The first-order valence-corrected chi connectivity index (χ1v) is 10.8. The molecule has 4 aromatic rings. The third kappa shape index (κ3) is 4.22. The van der Waals surface area contributed by atoms with Crippen molar-refractivity contribution in [3.63, 3.8) is 0 Å². The summed E-state index contributed by atoms with van der Waals surface area (Å²) >= 11 is 0. The Morgan fingerprint density at radius 2 is 0.964 bits per heavy atom. The van der Waals surface area contributed by atoms with Gasteiger partial charge >= 0.3 is 0 Å². The van der Waals surface area contributed by atoms with Crippen LogP contribution in [0.15, 0.2) is 109 Å². The molecule has 1 nitrogen and oxygen atoms in total. The fraction of sp³-hybridized carbons (Fsp3) is 0.0769. The number of rotatable bonds is 6. The first kappa shape index (κ1) is 18.6. The van der Waals surface area contributed by atoms with Gasteiger partial charge in [0, 0.05) is 17.2 Å². The molecule has 4 aromatic carbocycles. The van der Waals surface area contributed by atoms with E-state index in [1.54, 1.807) is 0 Å². The van der Waals surface area contributed by atoms with Crippen molar-refractivity contribution in [2.45, 2.75) is 6.92 Å². The van der Waals surface area contributed by atoms with E-state index in [0.717, 1.165) is 0 Å². The smallest absolute Gasteiger partial charge is 0.0917 e. The molecule has 0 aliphatic rings. The number of benzene rings is 4. The molecule has 0 unspecified atom stereocenters. The molecular weight excluding hydrogens is 359 g/mol. The monoisotopic (exact) mass is 382 g/mol. The van der Waals surface area contributed by atoms with Crippen molar-refractivity contribution in [1.82, 2.24) is 0 Å². The highest BCUT2D eigenvalue weighted by Crippen LogP contribution is 2.37. The molecule has 0 aliphatic heterocycles. The van der Waals surface area contributed by atoms with E-state index in [4.69, 9.17) is 4.52 Å². The average molecular weight is 382 g/mol. The molecule has 28 heavy (non-hydrogen) atoms. The van der Waals surface area contributed by atoms with E-state index in [2.05, 4.69) is 116 Å². The highest BCUT2D eigenvalue weighted by Gasteiger charge is 2.16. The number of hydrogen-bond donors (Lipinski definition) is 0. The summed E-state index contributed by atoms with van der Waals surface area (Å²) in [6, 6.07) is 38.5. The minimum absolute atomic E-state index is 0.691. The van der Waals surface area contributed by atoms with Crippen LogP contribution in [-0.4, -0.2) is 6.61 Å². The summed E-state index contributed by atoms with van der Waals surface area (Å²) in [6.45, 7) is 2.76. The summed E-state index contributed by atoms with van der Waals surface area (Å²) < 4.78 is 6.26. The lowest BCUT2D eigenvalue weighted by molar-refractivity contribution is 0.388. The first-order chi connectivity index (χ1) is 13.8. The fourth-order valence-corrected chi connectivity index (χ4v) is 5.12. The molecule has 0 spiro atoms. The van der Waals surface area contributed by atoms with Gasteiger partial charge < -0.3 is 4.52 Å². The van der Waals surface area contributed by atoms with E-state index >= 15 is 0 Å². The van der Waals surface area contributed by atoms with Crippen LogP contribution in [0.5, 0.6) is 0 Å². The van der Waals surface area contributed by atoms with E-state index in [0.29, 0.717) is 6.61 Å². The largest absolute Gasteiger partial charge is 0.350 e. The van der Waals surface area contributed by atoms with E-state index < -0.39 is 8.15 Å². The summed E-state index contributed by atoms with van der Waals surface area (Å²) in [5.74, 6) is 0. The van der Waals surface area contributed by atoms with Crippen LogP contribution in [0.2, 0.25) is 0 Å². The molecule has 138 valence electrons. The topological polar surface area (TPSA) is 9.23 Å². The minimum atomic E-state index is -0.864. The Bertz CT molecular complexity index is 945. The van der Waals surface area contributed by atoms with Crippen molar-refractivity contribution >= 4 is 18.8 Å². The lowest BCUT2D eigenvalue weighted by Crippen LogP contribution is -2.14. The molecule has 0 bridgehead atoms. The van der Waals surface area contributed by atoms with Gasteiger partial charge in [0.25, 0.3) is 0 Å². The van der Waals surface area contributed by atoms with Crippen molar-refractivity contribution in [2.75, 3.05) is 6.61 Å². The third-order valence-electron chi connectivity index (χ3n) is 4.63. The van der Waals surface area contributed by atoms with Crippen molar-refractivity contribution in [2.24, 2.45) is 0 Å². The van der Waals surface area contributed by atoms with Gasteiger partial charge in [0.05, 0.1) is 8.15 Å². The Morgan fingerprint density at radius 3 is 1.39 bits per heavy atom. The standard InChI is InChI=1S/C26H23OP/c1-2-27-28(25-17-9-15-23(19-25)21-11-5-3-6-12-21)26-18-10-16-24(20-26)22-13-7-4-8-14-22/h3-20H,2H2,1H3. The fourth-order valence-electron chi connectivity index (χ4n) is 3.31. The Hall–Kier alpha value is -2.73. The predicted molar refractivity (Wildman–Crippen MR) is 122 cm³/mol. The van der Waals surface area contributed by atoms with Crippen LogP contribution in [0, 0.1) is 0 Å². The molecule has 4 rings (SSSR count). The predicted octanol–water partition coefficient (Wildman–Crippen LogP) is 6.40. The molecule has 0 radical (unpaired) electrons. The molecule has 0 saturated heterocycles. The van der Waals surface area contributed by atoms with Gasteiger partial charge in [-0.3, -0.25) is 0 Å². The van der Waals surface area contributed by atoms with Crippen LogP contribution in [0.4, 0.5) is 0 Å². The van der Waals surface area contributed by atoms with Crippen LogP contribution in [0.3, 0.4) is 0 Å². The van der Waals surface area contributed by atoms with Crippen molar-refractivity contribution in [3.8, 4) is 22.3 Å². The molecule has 0 heterocycles. The molecule has 0 amide bonds. The van der Waals surface area contributed by atoms with Crippen LogP contribution in [-0.2, 0) is 4.52 Å². The van der Waals surface area contributed by atoms with E-state index in [1.165, 1.54) is 32.9 Å². The molecule has 0 fully saturated rings. The summed E-state index contributed by atoms with van der Waals surface area (Å²) in [5.41, 5.74) is 4.91. The van der Waals surface area contributed by atoms with Gasteiger partial charge in [0.2, 0.25) is 0 Å². The third-order valence-corrected chi connectivity index (χ3v) is 6.64. The molecule has 2 heteroatoms. The van der Waals surface area contributed by atoms with Gasteiger partial charge in [0.1, 0.15) is 0 Å². The van der Waals surface area contributed by atoms with Crippen molar-refractivity contribution in [1.29, 1.82) is 0 Å². The maximum absolute atomic E-state index is 6.26. The van der Waals surface area contributed by atoms with Gasteiger partial charge in [0.15, 0.2) is 0 Å². The molecular formula is C26H23OP. The summed E-state index contributed by atoms with van der Waals surface area (Å²) in [6.07, 6.45) is 0. The van der Waals surface area contributed by atoms with Crippen LogP contribution < -0.4 is 10.6 Å². The van der Waals surface area contributed by atoms with Gasteiger partial charge in [-0.25, -0.2) is 0 Å². The second kappa shape index (κ2) is 8.97. The van der Waals surface area contributed by atoms with E-state index in [1.807, 2.05) is 0 Å². The summed E-state index contributed by atoms with van der Waals surface area (Å²) in [4.78, 5) is 0. The molecule has 0 saturated carbocycles. The lowest BCUT2D eigenvalue weighted by atomic mass is 10.1. The van der Waals surface area contributed by atoms with Gasteiger partial charge in [-0.2, -0.15) is 0 Å². The molecule has 0 aliphatic carbocycles. The second-order valence-corrected chi connectivity index (χ2v) is 8.42. The Morgan fingerprint density at radius 1 is 0.536 bits per heavy atom. The van der Waals surface area contributed by atoms with Crippen molar-refractivity contribution in [3.05, 3.63) is 109 Å². The number of hydrogen-bond acceptors (Lipinski definition) is 1. The zero-order chi connectivity index (χ0) is 19.2. The summed E-state index contributed by atoms with van der Waals surface area (Å²) in [5, 5.41) is 2.48. The van der Waals surface area contributed by atoms with Crippen LogP contribution in [0.1, 0.15) is 6.92 Å². The minimum Gasteiger partial charge on any atom is -0.350 e. The molecule has 0 N–H and O–H groups in total. The highest BCUT2D eigenvalue weighted by molar-refractivity contribution is 7.68. The Labute approximate surface area is 168 Å². The lowest BCUT2D eigenvalue weighted by Gasteiger charge is -2.19. The van der Waals surface area contributed by atoms with Gasteiger partial charge in [-0.1, -0.05) is 97.1 Å². The Kier molecular flexibility index (Phi) is 5.97. The van der Waals surface area contributed by atoms with E-state index in [-0.39, 0.29) is 0 Å². The molecule has 0 aromatic heterocycles.